The topological polar surface area (TPSA) is 57.6 Å². The van der Waals surface area contributed by atoms with Crippen LogP contribution in [0.4, 0.5) is 0 Å². The molecule has 2 rings (SSSR count). The van der Waals surface area contributed by atoms with E-state index in [-0.39, 0.29) is 22.6 Å². The maximum atomic E-state index is 12.4. The molecule has 0 spiro atoms. The van der Waals surface area contributed by atoms with E-state index in [1.54, 1.807) is 0 Å². The highest BCUT2D eigenvalue weighted by Crippen LogP contribution is 2.31. The fourth-order valence-electron chi connectivity index (χ4n) is 2.11. The quantitative estimate of drug-likeness (QED) is 0.930. The van der Waals surface area contributed by atoms with Gasteiger partial charge in [-0.3, -0.25) is 0 Å². The van der Waals surface area contributed by atoms with E-state index < -0.39 is 10.0 Å². The molecule has 1 aliphatic rings. The van der Waals surface area contributed by atoms with Crippen molar-refractivity contribution in [3.05, 3.63) is 28.2 Å². The summed E-state index contributed by atoms with van der Waals surface area (Å²) in [5, 5.41) is 9.66. The second kappa shape index (κ2) is 5.35. The summed E-state index contributed by atoms with van der Waals surface area (Å²) in [6.07, 6.45) is 1.40. The Hall–Kier alpha value is -0.330. The van der Waals surface area contributed by atoms with Crippen LogP contribution >= 0.6 is 23.2 Å². The van der Waals surface area contributed by atoms with Crippen molar-refractivity contribution in [3.63, 3.8) is 0 Å². The molecule has 0 amide bonds. The van der Waals surface area contributed by atoms with E-state index in [1.165, 1.54) is 22.5 Å². The van der Waals surface area contributed by atoms with E-state index in [9.17, 15) is 13.5 Å². The molecule has 0 aromatic heterocycles. The van der Waals surface area contributed by atoms with Gasteiger partial charge in [0.2, 0.25) is 10.0 Å². The number of benzene rings is 1. The Kier molecular flexibility index (Phi) is 4.18. The zero-order chi connectivity index (χ0) is 13.3. The Morgan fingerprint density at radius 3 is 2.78 bits per heavy atom. The van der Waals surface area contributed by atoms with E-state index in [0.29, 0.717) is 18.0 Å². The largest absolute Gasteiger partial charge is 0.395 e. The van der Waals surface area contributed by atoms with Gasteiger partial charge in [0, 0.05) is 17.6 Å². The molecule has 1 unspecified atom stereocenters. The molecular weight excluding hydrogens is 297 g/mol. The SMILES string of the molecule is O=S(=O)(c1cc(Cl)ccc1Cl)N1CCCC1CO. The van der Waals surface area contributed by atoms with E-state index in [1.807, 2.05) is 0 Å². The molecule has 1 heterocycles. The summed E-state index contributed by atoms with van der Waals surface area (Å²) in [5.74, 6) is 0. The molecule has 100 valence electrons. The number of nitrogens with zero attached hydrogens (tertiary/aromatic N) is 1. The Morgan fingerprint density at radius 1 is 1.39 bits per heavy atom. The van der Waals surface area contributed by atoms with Crippen LogP contribution in [0.2, 0.25) is 10.0 Å². The van der Waals surface area contributed by atoms with Crippen LogP contribution in [0.3, 0.4) is 0 Å². The lowest BCUT2D eigenvalue weighted by molar-refractivity contribution is 0.213. The van der Waals surface area contributed by atoms with Gasteiger partial charge in [-0.25, -0.2) is 8.42 Å². The van der Waals surface area contributed by atoms with Gasteiger partial charge < -0.3 is 5.11 Å². The van der Waals surface area contributed by atoms with Gasteiger partial charge in [0.15, 0.2) is 0 Å². The van der Waals surface area contributed by atoms with Gasteiger partial charge in [-0.2, -0.15) is 4.31 Å². The lowest BCUT2D eigenvalue weighted by Crippen LogP contribution is -2.37. The maximum absolute atomic E-state index is 12.4. The first-order chi connectivity index (χ1) is 8.46. The summed E-state index contributed by atoms with van der Waals surface area (Å²) < 4.78 is 26.2. The number of halogens is 2. The monoisotopic (exact) mass is 309 g/mol. The predicted molar refractivity (Wildman–Crippen MR) is 70.5 cm³/mol. The summed E-state index contributed by atoms with van der Waals surface area (Å²) in [7, 11) is -3.70. The van der Waals surface area contributed by atoms with Crippen molar-refractivity contribution in [2.24, 2.45) is 0 Å². The highest BCUT2D eigenvalue weighted by atomic mass is 35.5. The molecule has 4 nitrogen and oxygen atoms in total. The zero-order valence-corrected chi connectivity index (χ0v) is 11.8. The first-order valence-corrected chi connectivity index (χ1v) is 7.74. The first-order valence-electron chi connectivity index (χ1n) is 5.54. The van der Waals surface area contributed by atoms with Crippen LogP contribution in [0.5, 0.6) is 0 Å². The van der Waals surface area contributed by atoms with Crippen LogP contribution in [-0.4, -0.2) is 37.0 Å². The molecule has 1 N–H and O–H groups in total. The molecule has 1 aromatic rings. The normalized spacial score (nSPS) is 21.4. The van der Waals surface area contributed by atoms with Gasteiger partial charge in [-0.05, 0) is 31.0 Å². The van der Waals surface area contributed by atoms with E-state index in [2.05, 4.69) is 0 Å². The minimum atomic E-state index is -3.70. The van der Waals surface area contributed by atoms with Crippen LogP contribution in [0.15, 0.2) is 23.1 Å². The lowest BCUT2D eigenvalue weighted by atomic mass is 10.2. The number of aliphatic hydroxyl groups excluding tert-OH is 1. The smallest absolute Gasteiger partial charge is 0.244 e. The molecule has 7 heteroatoms. The second-order valence-electron chi connectivity index (χ2n) is 4.17. The van der Waals surface area contributed by atoms with Crippen molar-refractivity contribution in [1.82, 2.24) is 4.31 Å². The Labute approximate surface area is 116 Å². The number of aliphatic hydroxyl groups is 1. The third-order valence-electron chi connectivity index (χ3n) is 3.01. The number of rotatable bonds is 3. The molecule has 1 atom stereocenters. The second-order valence-corrected chi connectivity index (χ2v) is 6.87. The third kappa shape index (κ3) is 2.51. The number of hydrogen-bond acceptors (Lipinski definition) is 3. The van der Waals surface area contributed by atoms with E-state index in [0.717, 1.165) is 6.42 Å². The van der Waals surface area contributed by atoms with Gasteiger partial charge in [-0.15, -0.1) is 0 Å². The van der Waals surface area contributed by atoms with Crippen LogP contribution in [0.25, 0.3) is 0 Å². The van der Waals surface area contributed by atoms with Crippen LogP contribution < -0.4 is 0 Å². The predicted octanol–water partition coefficient (Wildman–Crippen LogP) is 2.14. The number of hydrogen-bond donors (Lipinski definition) is 1. The van der Waals surface area contributed by atoms with Gasteiger partial charge >= 0.3 is 0 Å². The van der Waals surface area contributed by atoms with Crippen molar-refractivity contribution in [2.75, 3.05) is 13.2 Å². The minimum absolute atomic E-state index is 0.00276. The highest BCUT2D eigenvalue weighted by molar-refractivity contribution is 7.89. The fraction of sp³-hybridized carbons (Fsp3) is 0.455. The van der Waals surface area contributed by atoms with E-state index >= 15 is 0 Å². The standard InChI is InChI=1S/C11H13Cl2NO3S/c12-8-3-4-10(13)11(6-8)18(16,17)14-5-1-2-9(14)7-15/h3-4,6,9,15H,1-2,5,7H2. The Balaban J connectivity index is 2.45. The van der Waals surface area contributed by atoms with Crippen LogP contribution in [-0.2, 0) is 10.0 Å². The molecule has 0 bridgehead atoms. The van der Waals surface area contributed by atoms with Gasteiger partial charge in [-0.1, -0.05) is 23.2 Å². The van der Waals surface area contributed by atoms with Crippen molar-refractivity contribution in [2.45, 2.75) is 23.8 Å². The Bertz CT molecular complexity index is 547. The molecule has 1 aromatic carbocycles. The summed E-state index contributed by atoms with van der Waals surface area (Å²) in [5.41, 5.74) is 0. The zero-order valence-electron chi connectivity index (χ0n) is 9.51. The summed E-state index contributed by atoms with van der Waals surface area (Å²) in [4.78, 5) is -0.00276. The molecule has 1 fully saturated rings. The van der Waals surface area contributed by atoms with Gasteiger partial charge in [0.1, 0.15) is 4.90 Å². The first kappa shape index (κ1) is 14.1. The maximum Gasteiger partial charge on any atom is 0.244 e. The molecule has 1 saturated heterocycles. The molecule has 0 radical (unpaired) electrons. The van der Waals surface area contributed by atoms with Gasteiger partial charge in [0.05, 0.1) is 11.6 Å². The summed E-state index contributed by atoms with van der Waals surface area (Å²) in [6.45, 7) is 0.216. The van der Waals surface area contributed by atoms with Crippen molar-refractivity contribution in [1.29, 1.82) is 0 Å². The molecule has 0 saturated carbocycles. The number of sulfonamides is 1. The molecule has 1 aliphatic heterocycles. The van der Waals surface area contributed by atoms with Crippen molar-refractivity contribution in [3.8, 4) is 0 Å². The fourth-order valence-corrected chi connectivity index (χ4v) is 4.53. The molecule has 0 aliphatic carbocycles. The van der Waals surface area contributed by atoms with Crippen molar-refractivity contribution >= 4 is 33.2 Å². The van der Waals surface area contributed by atoms with Crippen LogP contribution in [0.1, 0.15) is 12.8 Å². The lowest BCUT2D eigenvalue weighted by Gasteiger charge is -2.23. The highest BCUT2D eigenvalue weighted by Gasteiger charge is 2.35. The average Bonchev–Trinajstić information content (AvgIpc) is 2.81. The Morgan fingerprint density at radius 2 is 2.11 bits per heavy atom. The van der Waals surface area contributed by atoms with Gasteiger partial charge in [0.25, 0.3) is 0 Å². The van der Waals surface area contributed by atoms with Crippen molar-refractivity contribution < 1.29 is 13.5 Å². The average molecular weight is 310 g/mol. The third-order valence-corrected chi connectivity index (χ3v) is 5.68. The van der Waals surface area contributed by atoms with E-state index in [4.69, 9.17) is 23.2 Å². The summed E-state index contributed by atoms with van der Waals surface area (Å²) >= 11 is 11.7. The van der Waals surface area contributed by atoms with Crippen LogP contribution in [0, 0.1) is 0 Å². The minimum Gasteiger partial charge on any atom is -0.395 e. The summed E-state index contributed by atoms with van der Waals surface area (Å²) in [6, 6.07) is 3.97. The molecular formula is C11H13Cl2NO3S. The molecule has 18 heavy (non-hydrogen) atoms.